The van der Waals surface area contributed by atoms with Gasteiger partial charge in [0.2, 0.25) is 0 Å². The molecule has 4 rings (SSSR count). The Labute approximate surface area is 123 Å². The highest BCUT2D eigenvalue weighted by molar-refractivity contribution is 7.22. The van der Waals surface area contributed by atoms with Crippen LogP contribution >= 0.6 is 11.1 Å². The van der Waals surface area contributed by atoms with Gasteiger partial charge < -0.3 is 0 Å². The molecule has 4 aliphatic carbocycles. The number of rotatable bonds is 4. The molecule has 4 atom stereocenters. The van der Waals surface area contributed by atoms with Gasteiger partial charge in [0.1, 0.15) is 0 Å². The Morgan fingerprint density at radius 3 is 1.47 bits per heavy atom. The van der Waals surface area contributed by atoms with E-state index in [2.05, 4.69) is 31.2 Å². The highest BCUT2D eigenvalue weighted by atomic mass is 35.6. The average Bonchev–Trinajstić information content (AvgIpc) is 3.19. The van der Waals surface area contributed by atoms with Gasteiger partial charge in [-0.25, -0.2) is 0 Å². The zero-order valence-electron chi connectivity index (χ0n) is 11.9. The third-order valence-corrected chi connectivity index (χ3v) is 13.7. The second-order valence-corrected chi connectivity index (χ2v) is 13.1. The maximum Gasteiger partial charge on any atom is 0.164 e. The van der Waals surface area contributed by atoms with Crippen LogP contribution in [0.25, 0.3) is 0 Å². The van der Waals surface area contributed by atoms with Gasteiger partial charge in [0, 0.05) is 0 Å². The summed E-state index contributed by atoms with van der Waals surface area (Å²) in [6.45, 7) is 2.35. The smallest absolute Gasteiger partial charge is 0.164 e. The van der Waals surface area contributed by atoms with Crippen molar-refractivity contribution in [1.29, 1.82) is 0 Å². The minimum atomic E-state index is -1.66. The molecule has 104 valence electrons. The zero-order valence-corrected chi connectivity index (χ0v) is 13.7. The van der Waals surface area contributed by atoms with E-state index in [9.17, 15) is 0 Å². The van der Waals surface area contributed by atoms with Crippen LogP contribution in [-0.2, 0) is 0 Å². The fourth-order valence-electron chi connectivity index (χ4n) is 5.92. The van der Waals surface area contributed by atoms with Crippen LogP contribution in [-0.4, -0.2) is 7.38 Å². The van der Waals surface area contributed by atoms with Gasteiger partial charge in [-0.1, -0.05) is 37.6 Å². The maximum absolute atomic E-state index is 7.57. The average molecular weight is 293 g/mol. The number of hydrogen-bond acceptors (Lipinski definition) is 0. The van der Waals surface area contributed by atoms with E-state index in [1.807, 2.05) is 0 Å². The van der Waals surface area contributed by atoms with Crippen molar-refractivity contribution in [2.24, 2.45) is 23.7 Å². The van der Waals surface area contributed by atoms with Gasteiger partial charge >= 0.3 is 0 Å². The number of halogens is 1. The molecule has 0 aromatic carbocycles. The monoisotopic (exact) mass is 292 g/mol. The summed E-state index contributed by atoms with van der Waals surface area (Å²) in [4.78, 5) is 0. The largest absolute Gasteiger partial charge is 0.166 e. The van der Waals surface area contributed by atoms with E-state index in [1.54, 1.807) is 0 Å². The Hall–Kier alpha value is -0.0131. The standard InChI is InChI=1S/C17H25ClSi/c1-2-11-19(18,16-12-3-4-13(16)6-5-12)17-14-7-8-15(17)10-9-14/h3-4,7-8,12-17H,2,5-6,9-11H2,1H3. The topological polar surface area (TPSA) is 0 Å². The van der Waals surface area contributed by atoms with E-state index in [0.29, 0.717) is 0 Å². The minimum absolute atomic E-state index is 0.848. The summed E-state index contributed by atoms with van der Waals surface area (Å²) in [5.74, 6) is 3.39. The van der Waals surface area contributed by atoms with Crippen molar-refractivity contribution in [3.05, 3.63) is 24.3 Å². The highest BCUT2D eigenvalue weighted by Crippen LogP contribution is 2.65. The summed E-state index contributed by atoms with van der Waals surface area (Å²) in [5.41, 5.74) is 1.75. The molecule has 2 heteroatoms. The fraction of sp³-hybridized carbons (Fsp3) is 0.765. The van der Waals surface area contributed by atoms with Gasteiger partial charge in [-0.05, 0) is 66.5 Å². The van der Waals surface area contributed by atoms with Crippen molar-refractivity contribution in [3.8, 4) is 0 Å². The van der Waals surface area contributed by atoms with Crippen LogP contribution in [0, 0.1) is 23.7 Å². The van der Waals surface area contributed by atoms with Crippen molar-refractivity contribution in [2.75, 3.05) is 0 Å². The molecule has 0 saturated heterocycles. The molecule has 2 fully saturated rings. The summed E-state index contributed by atoms with van der Waals surface area (Å²) in [7, 11) is -1.66. The molecule has 4 aliphatic rings. The summed E-state index contributed by atoms with van der Waals surface area (Å²) < 4.78 is 0. The van der Waals surface area contributed by atoms with E-state index in [-0.39, 0.29) is 0 Å². The van der Waals surface area contributed by atoms with Gasteiger partial charge in [-0.3, -0.25) is 0 Å². The molecule has 0 N–H and O–H groups in total. The molecule has 0 spiro atoms. The highest BCUT2D eigenvalue weighted by Gasteiger charge is 2.59. The van der Waals surface area contributed by atoms with Crippen molar-refractivity contribution in [3.63, 3.8) is 0 Å². The molecule has 0 aromatic heterocycles. The van der Waals surface area contributed by atoms with Crippen molar-refractivity contribution in [2.45, 2.75) is 56.2 Å². The Morgan fingerprint density at radius 2 is 1.21 bits per heavy atom. The Kier molecular flexibility index (Phi) is 3.01. The number of allylic oxidation sites excluding steroid dienone is 4. The molecule has 4 unspecified atom stereocenters. The van der Waals surface area contributed by atoms with Crippen molar-refractivity contribution >= 4 is 18.5 Å². The van der Waals surface area contributed by atoms with Crippen molar-refractivity contribution < 1.29 is 0 Å². The second-order valence-electron chi connectivity index (χ2n) is 7.31. The van der Waals surface area contributed by atoms with Gasteiger partial charge in [-0.15, -0.1) is 0 Å². The lowest BCUT2D eigenvalue weighted by molar-refractivity contribution is 0.591. The van der Waals surface area contributed by atoms with E-state index in [1.165, 1.54) is 38.1 Å². The van der Waals surface area contributed by atoms with Crippen LogP contribution in [0.1, 0.15) is 39.0 Å². The number of fused-ring (bicyclic) bond motifs is 4. The first-order valence-corrected chi connectivity index (χ1v) is 11.7. The Morgan fingerprint density at radius 1 is 0.842 bits per heavy atom. The molecule has 0 aliphatic heterocycles. The molecule has 0 heterocycles. The number of hydrogen-bond donors (Lipinski definition) is 0. The van der Waals surface area contributed by atoms with Gasteiger partial charge in [0.15, 0.2) is 7.38 Å². The zero-order chi connectivity index (χ0) is 13.0. The summed E-state index contributed by atoms with van der Waals surface area (Å²) in [6.07, 6.45) is 17.1. The lowest BCUT2D eigenvalue weighted by Crippen LogP contribution is -2.43. The summed E-state index contributed by atoms with van der Waals surface area (Å²) in [6, 6.07) is 1.35. The molecule has 0 aromatic rings. The molecule has 0 nitrogen and oxygen atoms in total. The predicted octanol–water partition coefficient (Wildman–Crippen LogP) is 5.51. The van der Waals surface area contributed by atoms with E-state index in [4.69, 9.17) is 11.1 Å². The lowest BCUT2D eigenvalue weighted by Gasteiger charge is -2.41. The third-order valence-electron chi connectivity index (χ3n) is 6.46. The summed E-state index contributed by atoms with van der Waals surface area (Å²) >= 11 is 7.57. The van der Waals surface area contributed by atoms with Gasteiger partial charge in [0.25, 0.3) is 0 Å². The first-order valence-electron chi connectivity index (χ1n) is 8.29. The van der Waals surface area contributed by atoms with Crippen molar-refractivity contribution in [1.82, 2.24) is 0 Å². The van der Waals surface area contributed by atoms with Gasteiger partial charge in [0.05, 0.1) is 0 Å². The minimum Gasteiger partial charge on any atom is -0.166 e. The van der Waals surface area contributed by atoms with E-state index in [0.717, 1.165) is 34.8 Å². The van der Waals surface area contributed by atoms with Crippen LogP contribution in [0.15, 0.2) is 24.3 Å². The molecular formula is C17H25ClSi. The van der Waals surface area contributed by atoms with E-state index >= 15 is 0 Å². The molecule has 4 bridgehead atoms. The molecule has 2 saturated carbocycles. The normalized spacial score (nSPS) is 49.2. The first kappa shape index (κ1) is 12.7. The molecule has 0 radical (unpaired) electrons. The van der Waals surface area contributed by atoms with Gasteiger partial charge in [-0.2, -0.15) is 11.1 Å². The van der Waals surface area contributed by atoms with Crippen LogP contribution in [0.2, 0.25) is 17.1 Å². The van der Waals surface area contributed by atoms with Crippen LogP contribution < -0.4 is 0 Å². The molecular weight excluding hydrogens is 268 g/mol. The summed E-state index contributed by atoms with van der Waals surface area (Å²) in [5, 5.41) is 0. The van der Waals surface area contributed by atoms with E-state index < -0.39 is 7.38 Å². The Bertz CT molecular complexity index is 365. The molecule has 0 amide bonds. The Balaban J connectivity index is 1.67. The third kappa shape index (κ3) is 1.70. The van der Waals surface area contributed by atoms with Crippen LogP contribution in [0.5, 0.6) is 0 Å². The predicted molar refractivity (Wildman–Crippen MR) is 84.9 cm³/mol. The SMILES string of the molecule is CCC[Si](Cl)(C1C2C=CC1CC2)C1C2C=CC1CC2. The second kappa shape index (κ2) is 4.49. The van der Waals surface area contributed by atoms with Crippen LogP contribution in [0.3, 0.4) is 0 Å². The molecule has 19 heavy (non-hydrogen) atoms. The van der Waals surface area contributed by atoms with Crippen LogP contribution in [0.4, 0.5) is 0 Å². The quantitative estimate of drug-likeness (QED) is 0.364. The lowest BCUT2D eigenvalue weighted by atomic mass is 10.1. The maximum atomic E-state index is 7.57. The first-order chi connectivity index (χ1) is 9.24. The fourth-order valence-corrected chi connectivity index (χ4v) is 14.3.